The van der Waals surface area contributed by atoms with Gasteiger partial charge in [-0.05, 0) is 31.2 Å². The summed E-state index contributed by atoms with van der Waals surface area (Å²) in [5.74, 6) is -0.815. The maximum absolute atomic E-state index is 10.5. The molecule has 0 atom stereocenters. The first-order chi connectivity index (χ1) is 8.56. The molecule has 18 heavy (non-hydrogen) atoms. The fourth-order valence-electron chi connectivity index (χ4n) is 1.76. The van der Waals surface area contributed by atoms with E-state index in [2.05, 4.69) is 5.10 Å². The van der Waals surface area contributed by atoms with Crippen LogP contribution in [0.15, 0.2) is 30.3 Å². The van der Waals surface area contributed by atoms with Crippen molar-refractivity contribution in [2.75, 3.05) is 0 Å². The Morgan fingerprint density at radius 1 is 1.44 bits per heavy atom. The Balaban J connectivity index is 2.26. The van der Waals surface area contributed by atoms with Crippen LogP contribution in [0.1, 0.15) is 17.8 Å². The number of carbonyl (C=O) groups is 1. The molecule has 1 N–H and O–H groups in total. The molecule has 0 saturated carbocycles. The standard InChI is InChI=1S/C13H13ClN2O2/c1-9-7-11(5-6-13(17)18)15-16(9)12-4-2-3-10(14)8-12/h2-4,7-8H,5-6H2,1H3,(H,17,18). The molecule has 0 unspecified atom stereocenters. The van der Waals surface area contributed by atoms with Crippen LogP contribution in [0.2, 0.25) is 5.02 Å². The molecular weight excluding hydrogens is 252 g/mol. The lowest BCUT2D eigenvalue weighted by Gasteiger charge is -2.04. The summed E-state index contributed by atoms with van der Waals surface area (Å²) in [6.45, 7) is 1.93. The first kappa shape index (κ1) is 12.6. The molecule has 94 valence electrons. The van der Waals surface area contributed by atoms with Gasteiger partial charge in [-0.15, -0.1) is 0 Å². The zero-order valence-electron chi connectivity index (χ0n) is 9.93. The predicted molar refractivity (Wildman–Crippen MR) is 69.3 cm³/mol. The predicted octanol–water partition coefficient (Wildman–Crippen LogP) is 2.85. The largest absolute Gasteiger partial charge is 0.481 e. The van der Waals surface area contributed by atoms with Gasteiger partial charge in [-0.1, -0.05) is 17.7 Å². The molecule has 0 spiro atoms. The van der Waals surface area contributed by atoms with Crippen LogP contribution < -0.4 is 0 Å². The van der Waals surface area contributed by atoms with Crippen molar-refractivity contribution in [3.63, 3.8) is 0 Å². The Morgan fingerprint density at radius 3 is 2.89 bits per heavy atom. The highest BCUT2D eigenvalue weighted by Crippen LogP contribution is 2.17. The number of carboxylic acids is 1. The van der Waals surface area contributed by atoms with E-state index in [1.54, 1.807) is 10.7 Å². The molecule has 2 rings (SSSR count). The Labute approximate surface area is 110 Å². The third-order valence-electron chi connectivity index (χ3n) is 2.59. The summed E-state index contributed by atoms with van der Waals surface area (Å²) >= 11 is 5.94. The van der Waals surface area contributed by atoms with Crippen molar-refractivity contribution in [2.24, 2.45) is 0 Å². The van der Waals surface area contributed by atoms with Gasteiger partial charge in [0.05, 0.1) is 17.8 Å². The highest BCUT2D eigenvalue weighted by molar-refractivity contribution is 6.30. The number of hydrogen-bond donors (Lipinski definition) is 1. The van der Waals surface area contributed by atoms with E-state index in [-0.39, 0.29) is 6.42 Å². The third-order valence-corrected chi connectivity index (χ3v) is 2.82. The Bertz CT molecular complexity index is 578. The molecule has 0 amide bonds. The molecule has 2 aromatic rings. The van der Waals surface area contributed by atoms with Gasteiger partial charge in [-0.2, -0.15) is 5.10 Å². The number of benzene rings is 1. The van der Waals surface area contributed by atoms with E-state index in [1.165, 1.54) is 0 Å². The zero-order valence-corrected chi connectivity index (χ0v) is 10.7. The zero-order chi connectivity index (χ0) is 13.1. The van der Waals surface area contributed by atoms with Gasteiger partial charge >= 0.3 is 5.97 Å². The van der Waals surface area contributed by atoms with Crippen molar-refractivity contribution in [3.8, 4) is 5.69 Å². The van der Waals surface area contributed by atoms with Crippen LogP contribution in [0, 0.1) is 6.92 Å². The van der Waals surface area contributed by atoms with E-state index in [4.69, 9.17) is 16.7 Å². The summed E-state index contributed by atoms with van der Waals surface area (Å²) in [5.41, 5.74) is 2.61. The van der Waals surface area contributed by atoms with E-state index in [9.17, 15) is 4.79 Å². The van der Waals surface area contributed by atoms with Crippen molar-refractivity contribution in [3.05, 3.63) is 46.7 Å². The molecule has 1 heterocycles. The number of aromatic nitrogens is 2. The van der Waals surface area contributed by atoms with Crippen LogP contribution >= 0.6 is 11.6 Å². The van der Waals surface area contributed by atoms with Gasteiger partial charge in [0.1, 0.15) is 0 Å². The summed E-state index contributed by atoms with van der Waals surface area (Å²) in [6, 6.07) is 9.28. The maximum atomic E-state index is 10.5. The average Bonchev–Trinajstić information content (AvgIpc) is 2.68. The summed E-state index contributed by atoms with van der Waals surface area (Å²) < 4.78 is 1.77. The smallest absolute Gasteiger partial charge is 0.303 e. The minimum absolute atomic E-state index is 0.0893. The summed E-state index contributed by atoms with van der Waals surface area (Å²) in [7, 11) is 0. The van der Waals surface area contributed by atoms with Crippen LogP contribution in [0.5, 0.6) is 0 Å². The van der Waals surface area contributed by atoms with E-state index >= 15 is 0 Å². The second kappa shape index (κ2) is 5.23. The van der Waals surface area contributed by atoms with Crippen molar-refractivity contribution in [1.82, 2.24) is 9.78 Å². The maximum Gasteiger partial charge on any atom is 0.303 e. The lowest BCUT2D eigenvalue weighted by atomic mass is 10.2. The lowest BCUT2D eigenvalue weighted by molar-refractivity contribution is -0.136. The second-order valence-electron chi connectivity index (χ2n) is 4.06. The third kappa shape index (κ3) is 2.90. The van der Waals surface area contributed by atoms with Crippen molar-refractivity contribution in [1.29, 1.82) is 0 Å². The number of hydrogen-bond acceptors (Lipinski definition) is 2. The van der Waals surface area contributed by atoms with Gasteiger partial charge < -0.3 is 5.11 Å². The lowest BCUT2D eigenvalue weighted by Crippen LogP contribution is -2.01. The molecule has 0 saturated heterocycles. The van der Waals surface area contributed by atoms with Crippen molar-refractivity contribution >= 4 is 17.6 Å². The molecule has 1 aromatic carbocycles. The van der Waals surface area contributed by atoms with Crippen LogP contribution in [0.4, 0.5) is 0 Å². The molecule has 0 aliphatic heterocycles. The topological polar surface area (TPSA) is 55.1 Å². The molecular formula is C13H13ClN2O2. The van der Waals surface area contributed by atoms with Gasteiger partial charge in [0.15, 0.2) is 0 Å². The molecule has 1 aromatic heterocycles. The van der Waals surface area contributed by atoms with E-state index in [0.717, 1.165) is 17.1 Å². The molecule has 0 aliphatic rings. The van der Waals surface area contributed by atoms with E-state index in [1.807, 2.05) is 31.2 Å². The van der Waals surface area contributed by atoms with E-state index in [0.29, 0.717) is 11.4 Å². The van der Waals surface area contributed by atoms with Gasteiger partial charge in [-0.3, -0.25) is 4.79 Å². The van der Waals surface area contributed by atoms with Crippen molar-refractivity contribution in [2.45, 2.75) is 19.8 Å². The SMILES string of the molecule is Cc1cc(CCC(=O)O)nn1-c1cccc(Cl)c1. The normalized spacial score (nSPS) is 10.6. The Kier molecular flexibility index (Phi) is 3.67. The van der Waals surface area contributed by atoms with Crippen LogP contribution in [0.3, 0.4) is 0 Å². The highest BCUT2D eigenvalue weighted by Gasteiger charge is 2.08. The van der Waals surface area contributed by atoms with Crippen molar-refractivity contribution < 1.29 is 9.90 Å². The quantitative estimate of drug-likeness (QED) is 0.924. The Morgan fingerprint density at radius 2 is 2.22 bits per heavy atom. The van der Waals surface area contributed by atoms with E-state index < -0.39 is 5.97 Å². The van der Waals surface area contributed by atoms with Gasteiger partial charge in [-0.25, -0.2) is 4.68 Å². The number of carboxylic acid groups (broad SMARTS) is 1. The van der Waals surface area contributed by atoms with Gasteiger partial charge in [0, 0.05) is 17.1 Å². The molecule has 0 fully saturated rings. The van der Waals surface area contributed by atoms with Crippen LogP contribution in [-0.4, -0.2) is 20.9 Å². The van der Waals surface area contributed by atoms with Crippen LogP contribution in [-0.2, 0) is 11.2 Å². The van der Waals surface area contributed by atoms with Gasteiger partial charge in [0.25, 0.3) is 0 Å². The number of aryl methyl sites for hydroxylation is 2. The Hall–Kier alpha value is -1.81. The highest BCUT2D eigenvalue weighted by atomic mass is 35.5. The van der Waals surface area contributed by atoms with Gasteiger partial charge in [0.2, 0.25) is 0 Å². The minimum atomic E-state index is -0.815. The molecule has 0 aliphatic carbocycles. The first-order valence-corrected chi connectivity index (χ1v) is 5.97. The minimum Gasteiger partial charge on any atom is -0.481 e. The molecule has 4 nitrogen and oxygen atoms in total. The fraction of sp³-hybridized carbons (Fsp3) is 0.231. The van der Waals surface area contributed by atoms with Crippen LogP contribution in [0.25, 0.3) is 5.69 Å². The monoisotopic (exact) mass is 264 g/mol. The molecule has 0 radical (unpaired) electrons. The fourth-order valence-corrected chi connectivity index (χ4v) is 1.95. The average molecular weight is 265 g/mol. The summed E-state index contributed by atoms with van der Waals surface area (Å²) in [6.07, 6.45) is 0.524. The first-order valence-electron chi connectivity index (χ1n) is 5.59. The number of aliphatic carboxylic acids is 1. The molecule has 5 heteroatoms. The number of halogens is 1. The molecule has 0 bridgehead atoms. The summed E-state index contributed by atoms with van der Waals surface area (Å²) in [5, 5.41) is 13.7. The number of rotatable bonds is 4. The summed E-state index contributed by atoms with van der Waals surface area (Å²) in [4.78, 5) is 10.5. The number of nitrogens with zero attached hydrogens (tertiary/aromatic N) is 2. The second-order valence-corrected chi connectivity index (χ2v) is 4.50.